The predicted octanol–water partition coefficient (Wildman–Crippen LogP) is 0.470. The number of methoxy groups -OCH3 is 1. The van der Waals surface area contributed by atoms with E-state index in [2.05, 4.69) is 14.9 Å². The van der Waals surface area contributed by atoms with Crippen LogP contribution in [0.5, 0.6) is 0 Å². The fourth-order valence-electron chi connectivity index (χ4n) is 1.85. The molecule has 1 aliphatic heterocycles. The first kappa shape index (κ1) is 12.8. The first-order valence-electron chi connectivity index (χ1n) is 5.85. The molecule has 0 bridgehead atoms. The number of carbonyl (C=O) groups excluding carboxylic acids is 1. The Kier molecular flexibility index (Phi) is 3.21. The van der Waals surface area contributed by atoms with Crippen LogP contribution in [0.25, 0.3) is 0 Å². The zero-order chi connectivity index (χ0) is 13.3. The molecule has 2 rings (SSSR count). The molecule has 98 valence electrons. The summed E-state index contributed by atoms with van der Waals surface area (Å²) < 4.78 is 4.55. The van der Waals surface area contributed by atoms with E-state index in [0.29, 0.717) is 18.9 Å². The van der Waals surface area contributed by atoms with Crippen molar-refractivity contribution in [3.05, 3.63) is 17.8 Å². The van der Waals surface area contributed by atoms with E-state index in [1.165, 1.54) is 7.11 Å². The van der Waals surface area contributed by atoms with Gasteiger partial charge in [0.25, 0.3) is 0 Å². The summed E-state index contributed by atoms with van der Waals surface area (Å²) in [6, 6.07) is 3.28. The van der Waals surface area contributed by atoms with Crippen LogP contribution in [0.3, 0.4) is 0 Å². The molecule has 2 heterocycles. The van der Waals surface area contributed by atoms with Crippen molar-refractivity contribution < 1.29 is 14.6 Å². The molecule has 1 fully saturated rings. The molecule has 1 aromatic rings. The summed E-state index contributed by atoms with van der Waals surface area (Å²) in [5, 5.41) is 17.9. The number of hydrogen-bond acceptors (Lipinski definition) is 6. The lowest BCUT2D eigenvalue weighted by Crippen LogP contribution is -2.65. The van der Waals surface area contributed by atoms with Gasteiger partial charge >= 0.3 is 5.97 Å². The summed E-state index contributed by atoms with van der Waals surface area (Å²) in [7, 11) is 1.30. The molecule has 1 N–H and O–H groups in total. The molecule has 0 saturated carbocycles. The number of esters is 1. The molecular weight excluding hydrogens is 234 g/mol. The molecular formula is C12H17N3O3. The third kappa shape index (κ3) is 2.15. The quantitative estimate of drug-likeness (QED) is 0.787. The second kappa shape index (κ2) is 4.53. The smallest absolute Gasteiger partial charge is 0.358 e. The van der Waals surface area contributed by atoms with E-state index < -0.39 is 11.6 Å². The molecule has 1 aliphatic rings. The molecule has 0 aromatic carbocycles. The second-order valence-electron chi connectivity index (χ2n) is 4.88. The maximum Gasteiger partial charge on any atom is 0.358 e. The predicted molar refractivity (Wildman–Crippen MR) is 65.4 cm³/mol. The topological polar surface area (TPSA) is 75.5 Å². The molecule has 0 amide bonds. The summed E-state index contributed by atoms with van der Waals surface area (Å²) in [5.74, 6) is 0.361. The van der Waals surface area contributed by atoms with Crippen molar-refractivity contribution in [3.63, 3.8) is 0 Å². The van der Waals surface area contributed by atoms with Crippen molar-refractivity contribution in [1.82, 2.24) is 10.2 Å². The summed E-state index contributed by atoms with van der Waals surface area (Å²) in [6.07, 6.45) is 0. The number of carbonyl (C=O) groups is 1. The summed E-state index contributed by atoms with van der Waals surface area (Å²) in [5.41, 5.74) is -0.469. The monoisotopic (exact) mass is 251 g/mol. The van der Waals surface area contributed by atoms with Crippen LogP contribution >= 0.6 is 0 Å². The van der Waals surface area contributed by atoms with E-state index >= 15 is 0 Å². The summed E-state index contributed by atoms with van der Waals surface area (Å²) >= 11 is 0. The van der Waals surface area contributed by atoms with Gasteiger partial charge in [0.05, 0.1) is 20.2 Å². The number of nitrogens with zero attached hydrogens (tertiary/aromatic N) is 3. The van der Waals surface area contributed by atoms with Crippen molar-refractivity contribution in [2.45, 2.75) is 19.4 Å². The van der Waals surface area contributed by atoms with Gasteiger partial charge in [-0.05, 0) is 18.1 Å². The number of hydrogen-bond donors (Lipinski definition) is 1. The van der Waals surface area contributed by atoms with E-state index in [1.54, 1.807) is 12.1 Å². The lowest BCUT2D eigenvalue weighted by atomic mass is 9.83. The Morgan fingerprint density at radius 1 is 1.44 bits per heavy atom. The standard InChI is InChI=1S/C12H17N3O3/c1-8(2)12(17)6-15(7-12)10-5-4-9(13-14-10)11(16)18-3/h4-5,8,17H,6-7H2,1-3H3. The van der Waals surface area contributed by atoms with E-state index in [-0.39, 0.29) is 11.6 Å². The van der Waals surface area contributed by atoms with Gasteiger partial charge in [-0.25, -0.2) is 4.79 Å². The zero-order valence-corrected chi connectivity index (χ0v) is 10.8. The zero-order valence-electron chi connectivity index (χ0n) is 10.8. The summed E-state index contributed by atoms with van der Waals surface area (Å²) in [6.45, 7) is 5.06. The van der Waals surface area contributed by atoms with Crippen molar-refractivity contribution >= 4 is 11.8 Å². The molecule has 0 radical (unpaired) electrons. The Labute approximate surface area is 106 Å². The Balaban J connectivity index is 2.03. The first-order chi connectivity index (χ1) is 8.46. The molecule has 6 heteroatoms. The molecule has 18 heavy (non-hydrogen) atoms. The van der Waals surface area contributed by atoms with Crippen molar-refractivity contribution in [2.24, 2.45) is 5.92 Å². The van der Waals surface area contributed by atoms with Crippen LogP contribution in [-0.4, -0.2) is 47.1 Å². The van der Waals surface area contributed by atoms with Gasteiger partial charge in [-0.1, -0.05) is 13.8 Å². The highest BCUT2D eigenvalue weighted by molar-refractivity contribution is 5.87. The highest BCUT2D eigenvalue weighted by atomic mass is 16.5. The second-order valence-corrected chi connectivity index (χ2v) is 4.88. The number of anilines is 1. The van der Waals surface area contributed by atoms with Gasteiger partial charge in [0, 0.05) is 0 Å². The van der Waals surface area contributed by atoms with Crippen LogP contribution in [0, 0.1) is 5.92 Å². The maximum absolute atomic E-state index is 11.2. The van der Waals surface area contributed by atoms with Gasteiger partial charge in [0.1, 0.15) is 5.60 Å². The minimum absolute atomic E-state index is 0.181. The van der Waals surface area contributed by atoms with Crippen LogP contribution in [0.1, 0.15) is 24.3 Å². The lowest BCUT2D eigenvalue weighted by molar-refractivity contribution is -0.0305. The van der Waals surface area contributed by atoms with E-state index in [4.69, 9.17) is 0 Å². The minimum Gasteiger partial charge on any atom is -0.464 e. The van der Waals surface area contributed by atoms with Crippen LogP contribution in [0.4, 0.5) is 5.82 Å². The Hall–Kier alpha value is -1.69. The third-order valence-electron chi connectivity index (χ3n) is 3.37. The molecule has 1 aromatic heterocycles. The van der Waals surface area contributed by atoms with E-state index in [9.17, 15) is 9.90 Å². The normalized spacial score (nSPS) is 17.5. The Morgan fingerprint density at radius 3 is 2.56 bits per heavy atom. The van der Waals surface area contributed by atoms with E-state index in [0.717, 1.165) is 0 Å². The van der Waals surface area contributed by atoms with Gasteiger partial charge in [-0.2, -0.15) is 0 Å². The third-order valence-corrected chi connectivity index (χ3v) is 3.37. The Morgan fingerprint density at radius 2 is 2.11 bits per heavy atom. The minimum atomic E-state index is -0.650. The number of ether oxygens (including phenoxy) is 1. The fourth-order valence-corrected chi connectivity index (χ4v) is 1.85. The molecule has 1 saturated heterocycles. The number of aliphatic hydroxyl groups is 1. The highest BCUT2D eigenvalue weighted by Crippen LogP contribution is 2.31. The lowest BCUT2D eigenvalue weighted by Gasteiger charge is -2.49. The molecule has 0 spiro atoms. The molecule has 0 unspecified atom stereocenters. The largest absolute Gasteiger partial charge is 0.464 e. The van der Waals surface area contributed by atoms with Gasteiger partial charge < -0.3 is 14.7 Å². The van der Waals surface area contributed by atoms with Crippen LogP contribution in [0.15, 0.2) is 12.1 Å². The van der Waals surface area contributed by atoms with Gasteiger partial charge in [0.15, 0.2) is 11.5 Å². The van der Waals surface area contributed by atoms with Crippen LogP contribution in [-0.2, 0) is 4.74 Å². The van der Waals surface area contributed by atoms with Gasteiger partial charge in [-0.15, -0.1) is 10.2 Å². The number of β-amino-alcohol motifs (C(OH)–C–C–N with tert-alkyl or cyclic N) is 1. The molecule has 6 nitrogen and oxygen atoms in total. The summed E-state index contributed by atoms with van der Waals surface area (Å²) in [4.78, 5) is 13.1. The van der Waals surface area contributed by atoms with Crippen LogP contribution in [0.2, 0.25) is 0 Å². The Bertz CT molecular complexity index is 438. The fraction of sp³-hybridized carbons (Fsp3) is 0.583. The molecule has 0 atom stereocenters. The van der Waals surface area contributed by atoms with Crippen molar-refractivity contribution in [3.8, 4) is 0 Å². The maximum atomic E-state index is 11.2. The van der Waals surface area contributed by atoms with E-state index in [1.807, 2.05) is 18.7 Å². The first-order valence-corrected chi connectivity index (χ1v) is 5.85. The van der Waals surface area contributed by atoms with Gasteiger partial charge in [0.2, 0.25) is 0 Å². The molecule has 0 aliphatic carbocycles. The van der Waals surface area contributed by atoms with Crippen molar-refractivity contribution in [2.75, 3.05) is 25.1 Å². The van der Waals surface area contributed by atoms with Gasteiger partial charge in [-0.3, -0.25) is 0 Å². The van der Waals surface area contributed by atoms with Crippen LogP contribution < -0.4 is 4.90 Å². The number of aromatic nitrogens is 2. The van der Waals surface area contributed by atoms with Crippen molar-refractivity contribution in [1.29, 1.82) is 0 Å². The highest BCUT2D eigenvalue weighted by Gasteiger charge is 2.44. The SMILES string of the molecule is COC(=O)c1ccc(N2CC(O)(C(C)C)C2)nn1. The average Bonchev–Trinajstić information content (AvgIpc) is 2.34. The number of rotatable bonds is 3. The average molecular weight is 251 g/mol.